The fourth-order valence-electron chi connectivity index (χ4n) is 1.27. The van der Waals surface area contributed by atoms with Crippen molar-refractivity contribution in [3.8, 4) is 0 Å². The highest BCUT2D eigenvalue weighted by Crippen LogP contribution is 2.11. The Morgan fingerprint density at radius 3 is 2.42 bits per heavy atom. The molecule has 0 aromatic carbocycles. The minimum atomic E-state index is -1.74. The number of carbonyl (C=O) groups is 2. The predicted molar refractivity (Wildman–Crippen MR) is 64.8 cm³/mol. The van der Waals surface area contributed by atoms with Crippen molar-refractivity contribution < 1.29 is 24.0 Å². The Bertz CT molecular complexity index is 503. The topological polar surface area (TPSA) is 172 Å². The van der Waals surface area contributed by atoms with Gasteiger partial charge in [-0.3, -0.25) is 13.8 Å². The molecule has 7 N–H and O–H groups in total. The molecule has 10 heteroatoms. The summed E-state index contributed by atoms with van der Waals surface area (Å²) in [5.74, 6) is -2.78. The second kappa shape index (κ2) is 6.41. The SMILES string of the molecule is NC(CS(=O)c1nc[nH]c1C[C@H](N)C(=O)O)C(=O)O. The largest absolute Gasteiger partial charge is 0.480 e. The van der Waals surface area contributed by atoms with Gasteiger partial charge in [0, 0.05) is 6.42 Å². The molecule has 0 saturated heterocycles. The Kier molecular flexibility index (Phi) is 5.15. The van der Waals surface area contributed by atoms with Crippen LogP contribution >= 0.6 is 0 Å². The average molecular weight is 290 g/mol. The number of nitrogens with one attached hydrogen (secondary N) is 1. The van der Waals surface area contributed by atoms with E-state index in [1.165, 1.54) is 6.33 Å². The Hall–Kier alpha value is -1.78. The van der Waals surface area contributed by atoms with Gasteiger partial charge in [0.2, 0.25) is 0 Å². The first-order valence-corrected chi connectivity index (χ1v) is 6.52. The van der Waals surface area contributed by atoms with Crippen LogP contribution in [0.15, 0.2) is 11.4 Å². The lowest BCUT2D eigenvalue weighted by Gasteiger charge is -2.08. The maximum atomic E-state index is 11.9. The third-order valence-corrected chi connectivity index (χ3v) is 3.73. The molecular weight excluding hydrogens is 276 g/mol. The summed E-state index contributed by atoms with van der Waals surface area (Å²) < 4.78 is 11.9. The number of hydrogen-bond acceptors (Lipinski definition) is 6. The van der Waals surface area contributed by atoms with Crippen LogP contribution < -0.4 is 11.5 Å². The molecule has 0 aliphatic heterocycles. The molecule has 1 aromatic heterocycles. The molecule has 0 saturated carbocycles. The van der Waals surface area contributed by atoms with E-state index in [0.29, 0.717) is 5.69 Å². The van der Waals surface area contributed by atoms with Gasteiger partial charge in [0.05, 0.1) is 28.6 Å². The van der Waals surface area contributed by atoms with E-state index in [9.17, 15) is 13.8 Å². The van der Waals surface area contributed by atoms with Crippen molar-refractivity contribution in [1.82, 2.24) is 9.97 Å². The number of rotatable bonds is 7. The molecule has 1 heterocycles. The van der Waals surface area contributed by atoms with Gasteiger partial charge in [0.25, 0.3) is 0 Å². The molecular formula is C9H14N4O5S. The molecule has 0 amide bonds. The first kappa shape index (κ1) is 15.3. The third-order valence-electron chi connectivity index (χ3n) is 2.28. The van der Waals surface area contributed by atoms with Gasteiger partial charge >= 0.3 is 11.9 Å². The maximum Gasteiger partial charge on any atom is 0.321 e. The zero-order chi connectivity index (χ0) is 14.6. The number of nitrogens with zero attached hydrogens (tertiary/aromatic N) is 1. The van der Waals surface area contributed by atoms with Gasteiger partial charge in [-0.2, -0.15) is 0 Å². The summed E-state index contributed by atoms with van der Waals surface area (Å²) in [5.41, 5.74) is 10.9. The number of aromatic amines is 1. The van der Waals surface area contributed by atoms with Crippen molar-refractivity contribution >= 4 is 22.7 Å². The van der Waals surface area contributed by atoms with Gasteiger partial charge in [-0.25, -0.2) is 4.98 Å². The van der Waals surface area contributed by atoms with Crippen LogP contribution in [0.1, 0.15) is 5.69 Å². The van der Waals surface area contributed by atoms with E-state index in [0.717, 1.165) is 0 Å². The summed E-state index contributed by atoms with van der Waals surface area (Å²) in [4.78, 5) is 27.6. The van der Waals surface area contributed by atoms with Crippen molar-refractivity contribution in [2.24, 2.45) is 11.5 Å². The van der Waals surface area contributed by atoms with Crippen molar-refractivity contribution in [1.29, 1.82) is 0 Å². The monoisotopic (exact) mass is 290 g/mol. The fourth-order valence-corrected chi connectivity index (χ4v) is 2.49. The van der Waals surface area contributed by atoms with E-state index in [1.54, 1.807) is 0 Å². The lowest BCUT2D eigenvalue weighted by molar-refractivity contribution is -0.139. The Labute approximate surface area is 110 Å². The van der Waals surface area contributed by atoms with Gasteiger partial charge in [0.1, 0.15) is 17.1 Å². The molecule has 0 radical (unpaired) electrons. The number of carboxylic acids is 2. The molecule has 1 rings (SSSR count). The number of aliphatic carboxylic acids is 2. The highest BCUT2D eigenvalue weighted by molar-refractivity contribution is 7.85. The van der Waals surface area contributed by atoms with Gasteiger partial charge in [-0.15, -0.1) is 0 Å². The van der Waals surface area contributed by atoms with E-state index in [1.807, 2.05) is 0 Å². The molecule has 2 unspecified atom stereocenters. The summed E-state index contributed by atoms with van der Waals surface area (Å²) in [5, 5.41) is 17.4. The predicted octanol–water partition coefficient (Wildman–Crippen LogP) is -2.12. The van der Waals surface area contributed by atoms with Crippen LogP contribution in [0.4, 0.5) is 0 Å². The van der Waals surface area contributed by atoms with E-state index >= 15 is 0 Å². The van der Waals surface area contributed by atoms with Gasteiger partial charge < -0.3 is 26.7 Å². The first-order valence-electron chi connectivity index (χ1n) is 5.20. The van der Waals surface area contributed by atoms with Crippen LogP contribution in [0.2, 0.25) is 0 Å². The average Bonchev–Trinajstić information content (AvgIpc) is 2.76. The van der Waals surface area contributed by atoms with Crippen LogP contribution in [-0.4, -0.2) is 54.2 Å². The van der Waals surface area contributed by atoms with Crippen LogP contribution in [-0.2, 0) is 26.8 Å². The smallest absolute Gasteiger partial charge is 0.321 e. The highest BCUT2D eigenvalue weighted by Gasteiger charge is 2.22. The molecule has 0 aliphatic carbocycles. The summed E-state index contributed by atoms with van der Waals surface area (Å²) in [6.45, 7) is 0. The molecule has 0 aliphatic rings. The number of imidazole rings is 1. The van der Waals surface area contributed by atoms with Crippen molar-refractivity contribution in [2.45, 2.75) is 23.5 Å². The first-order chi connectivity index (χ1) is 8.82. The molecule has 1 aromatic rings. The second-order valence-corrected chi connectivity index (χ2v) is 5.20. The molecule has 19 heavy (non-hydrogen) atoms. The van der Waals surface area contributed by atoms with Gasteiger partial charge in [0.15, 0.2) is 0 Å². The molecule has 0 spiro atoms. The fraction of sp³-hybridized carbons (Fsp3) is 0.444. The standard InChI is InChI=1S/C9H14N4O5S/c10-4(8(14)15)1-6-7(13-3-12-6)19(18)2-5(11)9(16)17/h3-5H,1-2,10-11H2,(H,12,13)(H,14,15)(H,16,17)/t4-,5?,19?/m0/s1. The van der Waals surface area contributed by atoms with E-state index in [-0.39, 0.29) is 17.2 Å². The minimum absolute atomic E-state index is 0.0772. The number of hydrogen-bond donors (Lipinski definition) is 5. The number of nitrogens with two attached hydrogens (primary N) is 2. The highest BCUT2D eigenvalue weighted by atomic mass is 32.2. The quantitative estimate of drug-likeness (QED) is 0.379. The van der Waals surface area contributed by atoms with E-state index < -0.39 is 34.8 Å². The van der Waals surface area contributed by atoms with Crippen LogP contribution in [0.5, 0.6) is 0 Å². The Morgan fingerprint density at radius 1 is 1.32 bits per heavy atom. The summed E-state index contributed by atoms with van der Waals surface area (Å²) in [7, 11) is -1.74. The summed E-state index contributed by atoms with van der Waals surface area (Å²) in [6.07, 6.45) is 1.15. The van der Waals surface area contributed by atoms with Crippen LogP contribution in [0.25, 0.3) is 0 Å². The molecule has 0 bridgehead atoms. The summed E-state index contributed by atoms with van der Waals surface area (Å²) >= 11 is 0. The zero-order valence-electron chi connectivity index (χ0n) is 9.78. The number of aromatic nitrogens is 2. The van der Waals surface area contributed by atoms with Crippen LogP contribution in [0.3, 0.4) is 0 Å². The normalized spacial score (nSPS) is 15.7. The minimum Gasteiger partial charge on any atom is -0.480 e. The lowest BCUT2D eigenvalue weighted by Crippen LogP contribution is -2.36. The summed E-state index contributed by atoms with van der Waals surface area (Å²) in [6, 6.07) is -2.44. The van der Waals surface area contributed by atoms with Crippen molar-refractivity contribution in [2.75, 3.05) is 5.75 Å². The molecule has 106 valence electrons. The number of H-pyrrole nitrogens is 1. The van der Waals surface area contributed by atoms with Crippen molar-refractivity contribution in [3.63, 3.8) is 0 Å². The molecule has 9 nitrogen and oxygen atoms in total. The Morgan fingerprint density at radius 2 is 1.89 bits per heavy atom. The molecule has 0 fully saturated rings. The number of carboxylic acid groups (broad SMARTS) is 2. The lowest BCUT2D eigenvalue weighted by atomic mass is 10.2. The van der Waals surface area contributed by atoms with E-state index in [2.05, 4.69) is 9.97 Å². The van der Waals surface area contributed by atoms with Gasteiger partial charge in [-0.05, 0) is 0 Å². The third kappa shape index (κ3) is 4.12. The Balaban J connectivity index is 2.79. The maximum absolute atomic E-state index is 11.9. The zero-order valence-corrected chi connectivity index (χ0v) is 10.6. The van der Waals surface area contributed by atoms with Gasteiger partial charge in [-0.1, -0.05) is 0 Å². The second-order valence-electron chi connectivity index (χ2n) is 3.79. The van der Waals surface area contributed by atoms with Crippen molar-refractivity contribution in [3.05, 3.63) is 12.0 Å². The van der Waals surface area contributed by atoms with Crippen LogP contribution in [0, 0.1) is 0 Å². The molecule has 3 atom stereocenters. The van der Waals surface area contributed by atoms with E-state index in [4.69, 9.17) is 21.7 Å².